The molecule has 3 aromatic rings. The predicted octanol–water partition coefficient (Wildman–Crippen LogP) is 4.47. The van der Waals surface area contributed by atoms with Crippen molar-refractivity contribution in [2.75, 3.05) is 5.32 Å². The molecule has 0 radical (unpaired) electrons. The smallest absolute Gasteiger partial charge is 0.322 e. The molecule has 0 saturated carbocycles. The van der Waals surface area contributed by atoms with E-state index in [1.807, 2.05) is 5.32 Å². The number of nitrogens with one attached hydrogen (secondary N) is 2. The molecule has 0 unspecified atom stereocenters. The summed E-state index contributed by atoms with van der Waals surface area (Å²) in [6.07, 6.45) is -9.55. The Kier molecular flexibility index (Phi) is 5.92. The van der Waals surface area contributed by atoms with E-state index in [1.165, 1.54) is 24.3 Å². The number of carbonyl (C=O) groups is 1. The first kappa shape index (κ1) is 23.1. The number of rotatable bonds is 3. The zero-order valence-electron chi connectivity index (χ0n) is 15.4. The van der Waals surface area contributed by atoms with E-state index < -0.39 is 51.9 Å². The number of aromatic amines is 1. The Morgan fingerprint density at radius 2 is 1.44 bits per heavy atom. The number of aromatic nitrogens is 2. The van der Waals surface area contributed by atoms with Crippen LogP contribution in [0.2, 0.25) is 5.02 Å². The van der Waals surface area contributed by atoms with Crippen molar-refractivity contribution in [3.8, 4) is 5.69 Å². The fourth-order valence-electron chi connectivity index (χ4n) is 2.69. The number of nitrogens with zero attached hydrogens (tertiary/aromatic N) is 1. The predicted molar refractivity (Wildman–Crippen MR) is 102 cm³/mol. The van der Waals surface area contributed by atoms with Gasteiger partial charge in [0.2, 0.25) is 0 Å². The first-order valence-electron chi connectivity index (χ1n) is 8.49. The molecule has 0 aliphatic heterocycles. The van der Waals surface area contributed by atoms with Gasteiger partial charge in [-0.15, -0.1) is 0 Å². The van der Waals surface area contributed by atoms with Gasteiger partial charge in [0.1, 0.15) is 5.56 Å². The van der Waals surface area contributed by atoms with Crippen LogP contribution >= 0.6 is 11.6 Å². The lowest BCUT2D eigenvalue weighted by atomic mass is 10.1. The Labute approximate surface area is 179 Å². The number of halogens is 7. The maximum Gasteiger partial charge on any atom is 0.416 e. The van der Waals surface area contributed by atoms with Crippen LogP contribution in [0.3, 0.4) is 0 Å². The van der Waals surface area contributed by atoms with Crippen molar-refractivity contribution in [3.63, 3.8) is 0 Å². The molecule has 2 N–H and O–H groups in total. The van der Waals surface area contributed by atoms with Crippen LogP contribution in [0.25, 0.3) is 5.69 Å². The van der Waals surface area contributed by atoms with Crippen LogP contribution in [0.15, 0.2) is 58.3 Å². The zero-order chi connectivity index (χ0) is 23.8. The second-order valence-electron chi connectivity index (χ2n) is 6.37. The van der Waals surface area contributed by atoms with Gasteiger partial charge < -0.3 is 10.3 Å². The average molecular weight is 478 g/mol. The molecule has 1 amide bonds. The number of carbonyl (C=O) groups excluding carboxylic acids is 1. The van der Waals surface area contributed by atoms with E-state index in [0.29, 0.717) is 10.8 Å². The molecule has 0 bridgehead atoms. The van der Waals surface area contributed by atoms with Gasteiger partial charge in [0.05, 0.1) is 16.8 Å². The number of hydrogen-bond acceptors (Lipinski definition) is 3. The summed E-state index contributed by atoms with van der Waals surface area (Å²) >= 11 is 5.74. The highest BCUT2D eigenvalue weighted by atomic mass is 35.5. The largest absolute Gasteiger partial charge is 0.416 e. The van der Waals surface area contributed by atoms with Gasteiger partial charge in [-0.2, -0.15) is 26.3 Å². The Hall–Kier alpha value is -3.54. The summed E-state index contributed by atoms with van der Waals surface area (Å²) in [6.45, 7) is 0. The molecule has 3 rings (SSSR count). The first-order chi connectivity index (χ1) is 14.8. The SMILES string of the molecule is O=C(Nc1cc(C(F)(F)F)cc(C(F)(F)F)c1)c1c[nH]c(=O)n(-c2ccc(Cl)cc2)c1=O. The van der Waals surface area contributed by atoms with Crippen molar-refractivity contribution < 1.29 is 31.1 Å². The topological polar surface area (TPSA) is 84.0 Å². The first-order valence-corrected chi connectivity index (χ1v) is 8.86. The van der Waals surface area contributed by atoms with E-state index in [4.69, 9.17) is 11.6 Å². The molecule has 1 heterocycles. The maximum atomic E-state index is 13.0. The number of alkyl halides is 6. The molecule has 0 fully saturated rings. The minimum Gasteiger partial charge on any atom is -0.322 e. The van der Waals surface area contributed by atoms with E-state index >= 15 is 0 Å². The summed E-state index contributed by atoms with van der Waals surface area (Å²) in [7, 11) is 0. The number of hydrogen-bond donors (Lipinski definition) is 2. The Bertz CT molecular complexity index is 1260. The zero-order valence-corrected chi connectivity index (χ0v) is 16.2. The van der Waals surface area contributed by atoms with Crippen LogP contribution in [-0.2, 0) is 12.4 Å². The third-order valence-corrected chi connectivity index (χ3v) is 4.40. The summed E-state index contributed by atoms with van der Waals surface area (Å²) in [5, 5.41) is 2.12. The lowest BCUT2D eigenvalue weighted by Crippen LogP contribution is -2.38. The number of benzene rings is 2. The highest BCUT2D eigenvalue weighted by Crippen LogP contribution is 2.37. The molecule has 13 heteroatoms. The van der Waals surface area contributed by atoms with Crippen LogP contribution in [0.4, 0.5) is 32.0 Å². The van der Waals surface area contributed by atoms with Crippen LogP contribution in [0.5, 0.6) is 0 Å². The summed E-state index contributed by atoms with van der Waals surface area (Å²) < 4.78 is 78.5. The Balaban J connectivity index is 2.05. The van der Waals surface area contributed by atoms with Crippen LogP contribution in [-0.4, -0.2) is 15.5 Å². The quantitative estimate of drug-likeness (QED) is 0.546. The van der Waals surface area contributed by atoms with Crippen molar-refractivity contribution in [3.05, 3.63) is 91.2 Å². The molecule has 168 valence electrons. The van der Waals surface area contributed by atoms with Gasteiger partial charge in [-0.25, -0.2) is 9.36 Å². The van der Waals surface area contributed by atoms with E-state index in [1.54, 1.807) is 0 Å². The van der Waals surface area contributed by atoms with Crippen molar-refractivity contribution in [1.82, 2.24) is 9.55 Å². The number of anilines is 1. The molecule has 0 spiro atoms. The van der Waals surface area contributed by atoms with Crippen LogP contribution in [0, 0.1) is 0 Å². The summed E-state index contributed by atoms with van der Waals surface area (Å²) in [6, 6.07) is 5.77. The average Bonchev–Trinajstić information content (AvgIpc) is 2.68. The highest BCUT2D eigenvalue weighted by molar-refractivity contribution is 6.30. The molecule has 0 atom stereocenters. The van der Waals surface area contributed by atoms with Gasteiger partial charge in [0.15, 0.2) is 0 Å². The molecule has 2 aromatic carbocycles. The van der Waals surface area contributed by atoms with Gasteiger partial charge in [0.25, 0.3) is 11.5 Å². The van der Waals surface area contributed by atoms with Crippen molar-refractivity contribution in [2.45, 2.75) is 12.4 Å². The Morgan fingerprint density at radius 3 is 1.94 bits per heavy atom. The van der Waals surface area contributed by atoms with Crippen LogP contribution < -0.4 is 16.6 Å². The summed E-state index contributed by atoms with van der Waals surface area (Å²) in [4.78, 5) is 39.3. The summed E-state index contributed by atoms with van der Waals surface area (Å²) in [5.74, 6) is -1.33. The fourth-order valence-corrected chi connectivity index (χ4v) is 2.81. The lowest BCUT2D eigenvalue weighted by molar-refractivity contribution is -0.143. The van der Waals surface area contributed by atoms with Gasteiger partial charge in [-0.05, 0) is 42.5 Å². The van der Waals surface area contributed by atoms with Crippen LogP contribution in [0.1, 0.15) is 21.5 Å². The third-order valence-electron chi connectivity index (χ3n) is 4.15. The van der Waals surface area contributed by atoms with Crippen molar-refractivity contribution in [1.29, 1.82) is 0 Å². The minimum atomic E-state index is -5.12. The van der Waals surface area contributed by atoms with Gasteiger partial charge >= 0.3 is 18.0 Å². The molecule has 32 heavy (non-hydrogen) atoms. The van der Waals surface area contributed by atoms with E-state index in [0.717, 1.165) is 0 Å². The van der Waals surface area contributed by atoms with E-state index in [-0.39, 0.29) is 28.9 Å². The standard InChI is InChI=1S/C19H10ClF6N3O3/c20-11-1-3-13(4-2-11)29-16(31)14(8-27-17(29)32)15(30)28-12-6-9(18(21,22)23)5-10(7-12)19(24,25)26/h1-8H,(H,27,32)(H,28,30). The second-order valence-corrected chi connectivity index (χ2v) is 6.81. The molecule has 0 saturated heterocycles. The number of amides is 1. The Morgan fingerprint density at radius 1 is 0.906 bits per heavy atom. The van der Waals surface area contributed by atoms with E-state index in [9.17, 15) is 40.7 Å². The molecular weight excluding hydrogens is 468 g/mol. The fraction of sp³-hybridized carbons (Fsp3) is 0.105. The molecule has 1 aromatic heterocycles. The van der Waals surface area contributed by atoms with Gasteiger partial charge in [-0.1, -0.05) is 11.6 Å². The molecule has 6 nitrogen and oxygen atoms in total. The monoisotopic (exact) mass is 477 g/mol. The van der Waals surface area contributed by atoms with Gasteiger partial charge in [0, 0.05) is 16.9 Å². The molecule has 0 aliphatic rings. The number of H-pyrrole nitrogens is 1. The normalized spacial score (nSPS) is 12.0. The van der Waals surface area contributed by atoms with Gasteiger partial charge in [-0.3, -0.25) is 9.59 Å². The maximum absolute atomic E-state index is 13.0. The second kappa shape index (κ2) is 8.19. The highest BCUT2D eigenvalue weighted by Gasteiger charge is 2.37. The summed E-state index contributed by atoms with van der Waals surface area (Å²) in [5.41, 5.74) is -6.95. The van der Waals surface area contributed by atoms with E-state index in [2.05, 4.69) is 4.98 Å². The molecular formula is C19H10ClF6N3O3. The van der Waals surface area contributed by atoms with Crippen molar-refractivity contribution in [2.24, 2.45) is 0 Å². The lowest BCUT2D eigenvalue weighted by Gasteiger charge is -2.15. The van der Waals surface area contributed by atoms with Crippen molar-refractivity contribution >= 4 is 23.2 Å². The third kappa shape index (κ3) is 4.85. The molecule has 0 aliphatic carbocycles. The minimum absolute atomic E-state index is 0.0220.